The van der Waals surface area contributed by atoms with Gasteiger partial charge in [-0.3, -0.25) is 0 Å². The lowest BCUT2D eigenvalue weighted by molar-refractivity contribution is -0.112. The number of hydrogen-bond acceptors (Lipinski definition) is 2. The molecule has 1 fully saturated rings. The van der Waals surface area contributed by atoms with Gasteiger partial charge < -0.3 is 10.2 Å². The maximum absolute atomic E-state index is 10.9. The van der Waals surface area contributed by atoms with E-state index in [0.29, 0.717) is 5.92 Å². The molecule has 1 aliphatic carbocycles. The summed E-state index contributed by atoms with van der Waals surface area (Å²) in [5.74, 6) is 0.469. The van der Waals surface area contributed by atoms with Crippen molar-refractivity contribution in [3.8, 4) is 0 Å². The average molecular weight is 283 g/mol. The lowest BCUT2D eigenvalue weighted by atomic mass is 9.73. The molecule has 3 heteroatoms. The molecular weight excluding hydrogens is 260 g/mol. The Morgan fingerprint density at radius 2 is 1.84 bits per heavy atom. The fourth-order valence-corrected chi connectivity index (χ4v) is 3.80. The summed E-state index contributed by atoms with van der Waals surface area (Å²) in [6, 6.07) is 7.75. The van der Waals surface area contributed by atoms with Crippen molar-refractivity contribution in [3.05, 3.63) is 34.9 Å². The van der Waals surface area contributed by atoms with Crippen LogP contribution in [-0.4, -0.2) is 22.4 Å². The molecule has 0 radical (unpaired) electrons. The molecule has 1 aromatic carbocycles. The topological polar surface area (TPSA) is 40.5 Å². The van der Waals surface area contributed by atoms with Crippen molar-refractivity contribution in [1.82, 2.24) is 0 Å². The monoisotopic (exact) mass is 282 g/mol. The molecule has 1 saturated carbocycles. The Labute approximate surface area is 120 Å². The average Bonchev–Trinajstić information content (AvgIpc) is 2.52. The van der Waals surface area contributed by atoms with Gasteiger partial charge in [-0.1, -0.05) is 44.5 Å². The minimum atomic E-state index is -1.01. The van der Waals surface area contributed by atoms with Crippen LogP contribution in [0, 0.1) is 17.3 Å². The van der Waals surface area contributed by atoms with Crippen LogP contribution < -0.4 is 0 Å². The summed E-state index contributed by atoms with van der Waals surface area (Å²) in [5, 5.41) is 21.3. The summed E-state index contributed by atoms with van der Waals surface area (Å²) in [6.07, 6.45) is 1.71. The summed E-state index contributed by atoms with van der Waals surface area (Å²) in [7, 11) is 0. The van der Waals surface area contributed by atoms with Gasteiger partial charge in [0.2, 0.25) is 0 Å². The first-order valence-corrected chi connectivity index (χ1v) is 7.25. The largest absolute Gasteiger partial charge is 0.393 e. The second-order valence-electron chi connectivity index (χ2n) is 6.58. The molecule has 2 N–H and O–H groups in total. The van der Waals surface area contributed by atoms with Gasteiger partial charge in [0.05, 0.1) is 12.2 Å². The van der Waals surface area contributed by atoms with Crippen LogP contribution in [0.4, 0.5) is 0 Å². The summed E-state index contributed by atoms with van der Waals surface area (Å²) in [5.41, 5.74) is -0.101. The van der Waals surface area contributed by atoms with Gasteiger partial charge in [-0.05, 0) is 47.8 Å². The minimum absolute atomic E-state index is 0.0775. The maximum Gasteiger partial charge on any atom is 0.0961 e. The zero-order valence-electron chi connectivity index (χ0n) is 11.9. The molecule has 19 heavy (non-hydrogen) atoms. The fraction of sp³-hybridized carbons (Fsp3) is 0.625. The predicted molar refractivity (Wildman–Crippen MR) is 78.2 cm³/mol. The van der Waals surface area contributed by atoms with Crippen LogP contribution >= 0.6 is 11.6 Å². The molecule has 1 aliphatic rings. The molecule has 2 nitrogen and oxygen atoms in total. The van der Waals surface area contributed by atoms with Crippen LogP contribution in [0.1, 0.15) is 32.8 Å². The van der Waals surface area contributed by atoms with Gasteiger partial charge in [0.15, 0.2) is 0 Å². The SMILES string of the molecule is CC1CC(C)(C)C(O)(CO)C1Cc1ccc(Cl)cc1. The maximum atomic E-state index is 10.9. The molecule has 0 aliphatic heterocycles. The molecule has 3 atom stereocenters. The smallest absolute Gasteiger partial charge is 0.0961 e. The molecule has 0 heterocycles. The second-order valence-corrected chi connectivity index (χ2v) is 7.02. The van der Waals surface area contributed by atoms with Gasteiger partial charge in [0, 0.05) is 5.02 Å². The van der Waals surface area contributed by atoms with Crippen molar-refractivity contribution in [2.45, 2.75) is 39.2 Å². The Bertz CT molecular complexity index is 441. The van der Waals surface area contributed by atoms with Crippen molar-refractivity contribution in [3.63, 3.8) is 0 Å². The number of aliphatic hydroxyl groups is 2. The van der Waals surface area contributed by atoms with Crippen molar-refractivity contribution in [2.75, 3.05) is 6.61 Å². The lowest BCUT2D eigenvalue weighted by Crippen LogP contribution is -2.49. The van der Waals surface area contributed by atoms with E-state index in [9.17, 15) is 10.2 Å². The fourth-order valence-electron chi connectivity index (χ4n) is 3.67. The van der Waals surface area contributed by atoms with Crippen molar-refractivity contribution >= 4 is 11.6 Å². The molecule has 0 saturated heterocycles. The van der Waals surface area contributed by atoms with Gasteiger partial charge in [-0.15, -0.1) is 0 Å². The Kier molecular flexibility index (Phi) is 3.97. The Balaban J connectivity index is 2.25. The van der Waals surface area contributed by atoms with E-state index in [1.165, 1.54) is 0 Å². The molecule has 0 bridgehead atoms. The molecule has 0 spiro atoms. The van der Waals surface area contributed by atoms with Crippen LogP contribution in [0.2, 0.25) is 5.02 Å². The van der Waals surface area contributed by atoms with Gasteiger partial charge in [0.1, 0.15) is 0 Å². The first kappa shape index (κ1) is 14.8. The van der Waals surface area contributed by atoms with E-state index in [-0.39, 0.29) is 17.9 Å². The molecule has 2 rings (SSSR count). The minimum Gasteiger partial charge on any atom is -0.393 e. The van der Waals surface area contributed by atoms with Crippen molar-refractivity contribution in [1.29, 1.82) is 0 Å². The Morgan fingerprint density at radius 3 is 2.37 bits per heavy atom. The zero-order chi connectivity index (χ0) is 14.3. The third-order valence-corrected chi connectivity index (χ3v) is 5.17. The van der Waals surface area contributed by atoms with Crippen LogP contribution in [0.5, 0.6) is 0 Å². The van der Waals surface area contributed by atoms with Gasteiger partial charge >= 0.3 is 0 Å². The van der Waals surface area contributed by atoms with E-state index in [4.69, 9.17) is 11.6 Å². The predicted octanol–water partition coefficient (Wildman–Crippen LogP) is 3.29. The van der Waals surface area contributed by atoms with E-state index in [1.54, 1.807) is 0 Å². The van der Waals surface area contributed by atoms with Crippen LogP contribution in [-0.2, 0) is 6.42 Å². The quantitative estimate of drug-likeness (QED) is 0.893. The van der Waals surface area contributed by atoms with E-state index in [1.807, 2.05) is 38.1 Å². The van der Waals surface area contributed by atoms with Crippen LogP contribution in [0.3, 0.4) is 0 Å². The van der Waals surface area contributed by atoms with Gasteiger partial charge in [-0.25, -0.2) is 0 Å². The zero-order valence-corrected chi connectivity index (χ0v) is 12.6. The van der Waals surface area contributed by atoms with Crippen molar-refractivity contribution in [2.24, 2.45) is 17.3 Å². The summed E-state index contributed by atoms with van der Waals surface area (Å²) in [6.45, 7) is 6.07. The molecular formula is C16H23ClO2. The first-order valence-electron chi connectivity index (χ1n) is 6.88. The third kappa shape index (κ3) is 2.54. The highest BCUT2D eigenvalue weighted by Gasteiger charge is 2.56. The highest BCUT2D eigenvalue weighted by molar-refractivity contribution is 6.30. The summed E-state index contributed by atoms with van der Waals surface area (Å²) < 4.78 is 0. The standard InChI is InChI=1S/C16H23ClO2/c1-11-9-15(2,3)16(19,10-18)14(11)8-12-4-6-13(17)7-5-12/h4-7,11,14,18-19H,8-10H2,1-3H3. The number of rotatable bonds is 3. The summed E-state index contributed by atoms with van der Waals surface area (Å²) >= 11 is 5.90. The third-order valence-electron chi connectivity index (χ3n) is 4.91. The normalized spacial score (nSPS) is 33.6. The van der Waals surface area contributed by atoms with Crippen LogP contribution in [0.25, 0.3) is 0 Å². The molecule has 3 unspecified atom stereocenters. The lowest BCUT2D eigenvalue weighted by Gasteiger charge is -2.39. The number of aliphatic hydroxyl groups excluding tert-OH is 1. The van der Waals surface area contributed by atoms with E-state index < -0.39 is 5.60 Å². The highest BCUT2D eigenvalue weighted by Crippen LogP contribution is 2.53. The Hall–Kier alpha value is -0.570. The first-order chi connectivity index (χ1) is 8.80. The Morgan fingerprint density at radius 1 is 1.26 bits per heavy atom. The van der Waals surface area contributed by atoms with Gasteiger partial charge in [-0.2, -0.15) is 0 Å². The van der Waals surface area contributed by atoms with Gasteiger partial charge in [0.25, 0.3) is 0 Å². The molecule has 0 amide bonds. The van der Waals surface area contributed by atoms with E-state index >= 15 is 0 Å². The number of benzene rings is 1. The van der Waals surface area contributed by atoms with E-state index in [2.05, 4.69) is 6.92 Å². The molecule has 106 valence electrons. The van der Waals surface area contributed by atoms with E-state index in [0.717, 1.165) is 23.4 Å². The van der Waals surface area contributed by atoms with Crippen LogP contribution in [0.15, 0.2) is 24.3 Å². The summed E-state index contributed by atoms with van der Waals surface area (Å²) in [4.78, 5) is 0. The highest BCUT2D eigenvalue weighted by atomic mass is 35.5. The second kappa shape index (κ2) is 5.08. The van der Waals surface area contributed by atoms with Crippen molar-refractivity contribution < 1.29 is 10.2 Å². The number of hydrogen-bond donors (Lipinski definition) is 2. The molecule has 0 aromatic heterocycles. The molecule has 1 aromatic rings. The number of halogens is 1.